The van der Waals surface area contributed by atoms with E-state index in [1.807, 2.05) is 62.4 Å². The summed E-state index contributed by atoms with van der Waals surface area (Å²) in [6.07, 6.45) is -0.475. The molecule has 0 fully saturated rings. The van der Waals surface area contributed by atoms with Crippen LogP contribution in [0.4, 0.5) is 5.69 Å². The van der Waals surface area contributed by atoms with Gasteiger partial charge in [0.05, 0.1) is 6.10 Å². The summed E-state index contributed by atoms with van der Waals surface area (Å²) in [6, 6.07) is 14.6. The van der Waals surface area contributed by atoms with Crippen LogP contribution in [-0.2, 0) is 4.79 Å². The second-order valence-corrected chi connectivity index (χ2v) is 6.31. The van der Waals surface area contributed by atoms with Gasteiger partial charge in [-0.2, -0.15) is 0 Å². The molecule has 0 heterocycles. The first-order chi connectivity index (χ1) is 10.9. The number of ether oxygens (including phenoxy) is 2. The van der Waals surface area contributed by atoms with Crippen LogP contribution in [0.2, 0.25) is 0 Å². The zero-order valence-electron chi connectivity index (χ0n) is 13.4. The Labute approximate surface area is 144 Å². The summed E-state index contributed by atoms with van der Waals surface area (Å²) in [4.78, 5) is 12.2. The monoisotopic (exact) mass is 377 g/mol. The van der Waals surface area contributed by atoms with E-state index in [-0.39, 0.29) is 12.0 Å². The molecule has 1 amide bonds. The molecule has 2 aromatic carbocycles. The van der Waals surface area contributed by atoms with E-state index in [1.165, 1.54) is 0 Å². The van der Waals surface area contributed by atoms with Crippen molar-refractivity contribution >= 4 is 27.5 Å². The highest BCUT2D eigenvalue weighted by Gasteiger charge is 2.15. The van der Waals surface area contributed by atoms with Crippen LogP contribution in [0.1, 0.15) is 20.8 Å². The van der Waals surface area contributed by atoms with E-state index in [1.54, 1.807) is 6.92 Å². The smallest absolute Gasteiger partial charge is 0.265 e. The van der Waals surface area contributed by atoms with Crippen molar-refractivity contribution in [3.05, 3.63) is 53.0 Å². The molecule has 1 atom stereocenters. The van der Waals surface area contributed by atoms with Gasteiger partial charge in [0.2, 0.25) is 0 Å². The standard InChI is InChI=1S/C18H20BrNO3/c1-12(2)22-16-10-6-15(7-11-16)20-18(21)13(3)23-17-8-4-14(19)5-9-17/h4-13H,1-3H3,(H,20,21)/t13-/m1/s1. The summed E-state index contributed by atoms with van der Waals surface area (Å²) in [7, 11) is 0. The van der Waals surface area contributed by atoms with Gasteiger partial charge in [-0.15, -0.1) is 0 Å². The third-order valence-corrected chi connectivity index (χ3v) is 3.52. The third-order valence-electron chi connectivity index (χ3n) is 2.99. The first kappa shape index (κ1) is 17.3. The summed E-state index contributed by atoms with van der Waals surface area (Å²) in [5.41, 5.74) is 0.706. The van der Waals surface area contributed by atoms with Crippen LogP contribution < -0.4 is 14.8 Å². The van der Waals surface area contributed by atoms with Gasteiger partial charge in [0.25, 0.3) is 5.91 Å². The lowest BCUT2D eigenvalue weighted by Crippen LogP contribution is -2.30. The molecule has 0 aliphatic carbocycles. The summed E-state index contributed by atoms with van der Waals surface area (Å²) >= 11 is 3.36. The maximum atomic E-state index is 12.2. The van der Waals surface area contributed by atoms with Gasteiger partial charge in [-0.25, -0.2) is 0 Å². The molecule has 0 bridgehead atoms. The summed E-state index contributed by atoms with van der Waals surface area (Å²) in [5.74, 6) is 1.22. The Morgan fingerprint density at radius 1 is 0.913 bits per heavy atom. The van der Waals surface area contributed by atoms with Crippen molar-refractivity contribution in [3.8, 4) is 11.5 Å². The number of amides is 1. The topological polar surface area (TPSA) is 47.6 Å². The molecule has 2 rings (SSSR count). The van der Waals surface area contributed by atoms with Gasteiger partial charge < -0.3 is 14.8 Å². The Bertz CT molecular complexity index is 638. The number of benzene rings is 2. The van der Waals surface area contributed by atoms with Crippen molar-refractivity contribution in [2.24, 2.45) is 0 Å². The molecule has 0 aliphatic heterocycles. The predicted molar refractivity (Wildman–Crippen MR) is 95.1 cm³/mol. The lowest BCUT2D eigenvalue weighted by Gasteiger charge is -2.15. The van der Waals surface area contributed by atoms with Crippen molar-refractivity contribution in [3.63, 3.8) is 0 Å². The van der Waals surface area contributed by atoms with Crippen LogP contribution in [0.5, 0.6) is 11.5 Å². The second-order valence-electron chi connectivity index (χ2n) is 5.39. The van der Waals surface area contributed by atoms with E-state index >= 15 is 0 Å². The van der Waals surface area contributed by atoms with E-state index in [0.29, 0.717) is 11.4 Å². The minimum Gasteiger partial charge on any atom is -0.491 e. The van der Waals surface area contributed by atoms with E-state index in [4.69, 9.17) is 9.47 Å². The van der Waals surface area contributed by atoms with Gasteiger partial charge in [-0.05, 0) is 69.3 Å². The maximum absolute atomic E-state index is 12.2. The highest BCUT2D eigenvalue weighted by molar-refractivity contribution is 9.10. The normalized spacial score (nSPS) is 11.9. The number of halogens is 1. The van der Waals surface area contributed by atoms with Gasteiger partial charge in [0.1, 0.15) is 11.5 Å². The van der Waals surface area contributed by atoms with Gasteiger partial charge >= 0.3 is 0 Å². The Balaban J connectivity index is 1.91. The van der Waals surface area contributed by atoms with Crippen LogP contribution in [-0.4, -0.2) is 18.1 Å². The number of hydrogen-bond acceptors (Lipinski definition) is 3. The molecule has 0 spiro atoms. The Hall–Kier alpha value is -2.01. The number of nitrogens with one attached hydrogen (secondary N) is 1. The molecule has 1 N–H and O–H groups in total. The fourth-order valence-electron chi connectivity index (χ4n) is 1.90. The van der Waals surface area contributed by atoms with Gasteiger partial charge in [0, 0.05) is 10.2 Å². The lowest BCUT2D eigenvalue weighted by molar-refractivity contribution is -0.122. The molecule has 0 unspecified atom stereocenters. The third kappa shape index (κ3) is 5.60. The minimum absolute atomic E-state index is 0.120. The largest absolute Gasteiger partial charge is 0.491 e. The zero-order chi connectivity index (χ0) is 16.8. The molecule has 23 heavy (non-hydrogen) atoms. The van der Waals surface area contributed by atoms with Crippen molar-refractivity contribution in [1.82, 2.24) is 0 Å². The second kappa shape index (κ2) is 8.02. The van der Waals surface area contributed by atoms with Crippen LogP contribution in [0.15, 0.2) is 53.0 Å². The summed E-state index contributed by atoms with van der Waals surface area (Å²) < 4.78 is 12.2. The van der Waals surface area contributed by atoms with Crippen molar-refractivity contribution in [1.29, 1.82) is 0 Å². The molecular weight excluding hydrogens is 358 g/mol. The van der Waals surface area contributed by atoms with Crippen molar-refractivity contribution < 1.29 is 14.3 Å². The number of carbonyl (C=O) groups excluding carboxylic acids is 1. The SMILES string of the molecule is CC(C)Oc1ccc(NC(=O)[C@@H](C)Oc2ccc(Br)cc2)cc1. The zero-order valence-corrected chi connectivity index (χ0v) is 15.0. The Kier molecular flexibility index (Phi) is 6.04. The average molecular weight is 378 g/mol. The van der Waals surface area contributed by atoms with E-state index < -0.39 is 6.10 Å². The van der Waals surface area contributed by atoms with Crippen LogP contribution >= 0.6 is 15.9 Å². The molecule has 0 saturated carbocycles. The molecule has 0 radical (unpaired) electrons. The Morgan fingerprint density at radius 3 is 2.00 bits per heavy atom. The van der Waals surface area contributed by atoms with E-state index in [0.717, 1.165) is 10.2 Å². The molecule has 0 aromatic heterocycles. The summed E-state index contributed by atoms with van der Waals surface area (Å²) in [5, 5.41) is 2.83. The summed E-state index contributed by atoms with van der Waals surface area (Å²) in [6.45, 7) is 5.65. The highest BCUT2D eigenvalue weighted by atomic mass is 79.9. The van der Waals surface area contributed by atoms with Gasteiger partial charge in [0.15, 0.2) is 6.10 Å². The quantitative estimate of drug-likeness (QED) is 0.797. The molecule has 0 aliphatic rings. The van der Waals surface area contributed by atoms with Crippen molar-refractivity contribution in [2.75, 3.05) is 5.32 Å². The predicted octanol–water partition coefficient (Wildman–Crippen LogP) is 4.64. The molecule has 4 nitrogen and oxygen atoms in total. The molecule has 122 valence electrons. The Morgan fingerprint density at radius 2 is 1.43 bits per heavy atom. The van der Waals surface area contributed by atoms with E-state index in [9.17, 15) is 4.79 Å². The average Bonchev–Trinajstić information content (AvgIpc) is 2.51. The minimum atomic E-state index is -0.595. The fraction of sp³-hybridized carbons (Fsp3) is 0.278. The highest BCUT2D eigenvalue weighted by Crippen LogP contribution is 2.19. The molecule has 5 heteroatoms. The van der Waals surface area contributed by atoms with E-state index in [2.05, 4.69) is 21.2 Å². The van der Waals surface area contributed by atoms with Crippen LogP contribution in [0.3, 0.4) is 0 Å². The number of hydrogen-bond donors (Lipinski definition) is 1. The molecule has 2 aromatic rings. The maximum Gasteiger partial charge on any atom is 0.265 e. The number of rotatable bonds is 6. The van der Waals surface area contributed by atoms with Gasteiger partial charge in [-0.1, -0.05) is 15.9 Å². The van der Waals surface area contributed by atoms with Crippen molar-refractivity contribution in [2.45, 2.75) is 33.0 Å². The number of carbonyl (C=O) groups is 1. The number of anilines is 1. The molecular formula is C18H20BrNO3. The van der Waals surface area contributed by atoms with Gasteiger partial charge in [-0.3, -0.25) is 4.79 Å². The first-order valence-electron chi connectivity index (χ1n) is 7.44. The fourth-order valence-corrected chi connectivity index (χ4v) is 2.17. The first-order valence-corrected chi connectivity index (χ1v) is 8.23. The lowest BCUT2D eigenvalue weighted by atomic mass is 10.2. The van der Waals surface area contributed by atoms with Crippen LogP contribution in [0.25, 0.3) is 0 Å². The van der Waals surface area contributed by atoms with Crippen LogP contribution in [0, 0.1) is 0 Å². The molecule has 0 saturated heterocycles.